The second-order valence-electron chi connectivity index (χ2n) is 3.53. The summed E-state index contributed by atoms with van der Waals surface area (Å²) in [6.07, 6.45) is 3.91. The molecule has 11 heavy (non-hydrogen) atoms. The van der Waals surface area contributed by atoms with Crippen LogP contribution in [0.3, 0.4) is 0 Å². The van der Waals surface area contributed by atoms with Crippen LogP contribution in [0.25, 0.3) is 0 Å². The first-order chi connectivity index (χ1) is 5.29. The van der Waals surface area contributed by atoms with Crippen LogP contribution in [-0.4, -0.2) is 30.1 Å². The topological polar surface area (TPSA) is 29.3 Å². The van der Waals surface area contributed by atoms with Gasteiger partial charge in [-0.15, -0.1) is 0 Å². The van der Waals surface area contributed by atoms with Crippen LogP contribution in [0.4, 0.5) is 0 Å². The monoisotopic (exact) mass is 156 g/mol. The maximum atomic E-state index is 5.68. The molecule has 1 heterocycles. The van der Waals surface area contributed by atoms with Gasteiger partial charge in [-0.2, -0.15) is 0 Å². The van der Waals surface area contributed by atoms with E-state index in [1.165, 1.54) is 25.8 Å². The van der Waals surface area contributed by atoms with Crippen molar-refractivity contribution >= 4 is 0 Å². The Labute approximate surface area is 69.8 Å². The van der Waals surface area contributed by atoms with Crippen molar-refractivity contribution < 1.29 is 0 Å². The van der Waals surface area contributed by atoms with Crippen molar-refractivity contribution in [2.45, 2.75) is 45.2 Å². The molecular formula is C9H20N2. The van der Waals surface area contributed by atoms with Crippen LogP contribution in [0.15, 0.2) is 0 Å². The van der Waals surface area contributed by atoms with Crippen LogP contribution in [0, 0.1) is 0 Å². The van der Waals surface area contributed by atoms with Gasteiger partial charge in [-0.25, -0.2) is 0 Å². The highest BCUT2D eigenvalue weighted by atomic mass is 15.2. The molecule has 0 spiro atoms. The van der Waals surface area contributed by atoms with Gasteiger partial charge < -0.3 is 5.73 Å². The summed E-state index contributed by atoms with van der Waals surface area (Å²) >= 11 is 0. The van der Waals surface area contributed by atoms with E-state index in [0.717, 1.165) is 12.6 Å². The van der Waals surface area contributed by atoms with Crippen molar-refractivity contribution in [2.24, 2.45) is 5.73 Å². The molecule has 0 amide bonds. The first kappa shape index (κ1) is 9.01. The first-order valence-electron chi connectivity index (χ1n) is 4.75. The van der Waals surface area contributed by atoms with Gasteiger partial charge in [0.2, 0.25) is 0 Å². The van der Waals surface area contributed by atoms with Crippen LogP contribution in [-0.2, 0) is 0 Å². The third-order valence-electron chi connectivity index (χ3n) is 2.82. The molecule has 2 N–H and O–H groups in total. The van der Waals surface area contributed by atoms with E-state index >= 15 is 0 Å². The molecule has 2 nitrogen and oxygen atoms in total. The molecule has 2 unspecified atom stereocenters. The highest BCUT2D eigenvalue weighted by molar-refractivity contribution is 4.81. The average Bonchev–Trinajstić information content (AvgIpc) is 2.40. The van der Waals surface area contributed by atoms with Crippen molar-refractivity contribution in [3.63, 3.8) is 0 Å². The van der Waals surface area contributed by atoms with E-state index in [1.807, 2.05) is 0 Å². The van der Waals surface area contributed by atoms with Crippen LogP contribution < -0.4 is 5.73 Å². The van der Waals surface area contributed by atoms with Gasteiger partial charge in [-0.1, -0.05) is 6.92 Å². The van der Waals surface area contributed by atoms with E-state index in [-0.39, 0.29) is 0 Å². The lowest BCUT2D eigenvalue weighted by Gasteiger charge is -2.29. The van der Waals surface area contributed by atoms with Crippen LogP contribution >= 0.6 is 0 Å². The highest BCUT2D eigenvalue weighted by Gasteiger charge is 2.25. The molecule has 0 aromatic carbocycles. The zero-order valence-electron chi connectivity index (χ0n) is 7.71. The SMILES string of the molecule is CCC(CN)N1CCCC1C. The minimum absolute atomic E-state index is 0.632. The predicted octanol–water partition coefficient (Wildman–Crippen LogP) is 1.21. The molecule has 2 atom stereocenters. The van der Waals surface area contributed by atoms with E-state index in [0.29, 0.717) is 6.04 Å². The Morgan fingerprint density at radius 3 is 2.73 bits per heavy atom. The Balaban J connectivity index is 2.43. The summed E-state index contributed by atoms with van der Waals surface area (Å²) in [6.45, 7) is 6.62. The smallest absolute Gasteiger partial charge is 0.0218 e. The molecule has 0 bridgehead atoms. The molecule has 1 fully saturated rings. The van der Waals surface area contributed by atoms with Gasteiger partial charge in [0, 0.05) is 18.6 Å². The van der Waals surface area contributed by atoms with Gasteiger partial charge in [0.05, 0.1) is 0 Å². The number of likely N-dealkylation sites (tertiary alicyclic amines) is 1. The molecule has 0 radical (unpaired) electrons. The summed E-state index contributed by atoms with van der Waals surface area (Å²) < 4.78 is 0. The highest BCUT2D eigenvalue weighted by Crippen LogP contribution is 2.20. The standard InChI is InChI=1S/C9H20N2/c1-3-9(7-10)11-6-4-5-8(11)2/h8-9H,3-7,10H2,1-2H3. The molecule has 66 valence electrons. The molecule has 1 aliphatic rings. The maximum Gasteiger partial charge on any atom is 0.0218 e. The lowest BCUT2D eigenvalue weighted by molar-refractivity contribution is 0.189. The molecule has 1 saturated heterocycles. The summed E-state index contributed by atoms with van der Waals surface area (Å²) in [6, 6.07) is 1.40. The normalized spacial score (nSPS) is 29.2. The number of hydrogen-bond acceptors (Lipinski definition) is 2. The number of nitrogens with two attached hydrogens (primary N) is 1. The molecule has 0 aliphatic carbocycles. The Hall–Kier alpha value is -0.0800. The quantitative estimate of drug-likeness (QED) is 0.665. The fraction of sp³-hybridized carbons (Fsp3) is 1.00. The Kier molecular flexibility index (Phi) is 3.34. The average molecular weight is 156 g/mol. The summed E-state index contributed by atoms with van der Waals surface area (Å²) in [5, 5.41) is 0. The van der Waals surface area contributed by atoms with E-state index in [1.54, 1.807) is 0 Å². The Morgan fingerprint density at radius 1 is 1.64 bits per heavy atom. The van der Waals surface area contributed by atoms with Crippen LogP contribution in [0.2, 0.25) is 0 Å². The molecule has 1 aliphatic heterocycles. The third-order valence-corrected chi connectivity index (χ3v) is 2.82. The van der Waals surface area contributed by atoms with Gasteiger partial charge in [-0.05, 0) is 32.7 Å². The fourth-order valence-corrected chi connectivity index (χ4v) is 2.03. The second-order valence-corrected chi connectivity index (χ2v) is 3.53. The minimum atomic E-state index is 0.632. The summed E-state index contributed by atoms with van der Waals surface area (Å²) in [7, 11) is 0. The van der Waals surface area contributed by atoms with E-state index in [2.05, 4.69) is 18.7 Å². The predicted molar refractivity (Wildman–Crippen MR) is 48.5 cm³/mol. The fourth-order valence-electron chi connectivity index (χ4n) is 2.03. The van der Waals surface area contributed by atoms with Crippen molar-refractivity contribution in [1.82, 2.24) is 4.90 Å². The lowest BCUT2D eigenvalue weighted by Crippen LogP contribution is -2.41. The van der Waals surface area contributed by atoms with Gasteiger partial charge in [0.1, 0.15) is 0 Å². The molecule has 1 rings (SSSR count). The number of hydrogen-bond donors (Lipinski definition) is 1. The molecule has 2 heteroatoms. The minimum Gasteiger partial charge on any atom is -0.329 e. The van der Waals surface area contributed by atoms with E-state index in [4.69, 9.17) is 5.73 Å². The van der Waals surface area contributed by atoms with Gasteiger partial charge in [0.15, 0.2) is 0 Å². The molecule has 0 aromatic rings. The van der Waals surface area contributed by atoms with Crippen molar-refractivity contribution in [2.75, 3.05) is 13.1 Å². The zero-order valence-corrected chi connectivity index (χ0v) is 7.71. The zero-order chi connectivity index (χ0) is 8.27. The van der Waals surface area contributed by atoms with Crippen molar-refractivity contribution in [3.05, 3.63) is 0 Å². The van der Waals surface area contributed by atoms with Crippen LogP contribution in [0.5, 0.6) is 0 Å². The third kappa shape index (κ3) is 1.94. The summed E-state index contributed by atoms with van der Waals surface area (Å²) in [4.78, 5) is 2.56. The summed E-state index contributed by atoms with van der Waals surface area (Å²) in [5.41, 5.74) is 5.68. The lowest BCUT2D eigenvalue weighted by atomic mass is 10.1. The van der Waals surface area contributed by atoms with E-state index in [9.17, 15) is 0 Å². The van der Waals surface area contributed by atoms with Gasteiger partial charge in [-0.3, -0.25) is 4.90 Å². The molecular weight excluding hydrogens is 136 g/mol. The van der Waals surface area contributed by atoms with Gasteiger partial charge >= 0.3 is 0 Å². The van der Waals surface area contributed by atoms with Crippen LogP contribution in [0.1, 0.15) is 33.1 Å². The number of nitrogens with zero attached hydrogens (tertiary/aromatic N) is 1. The Bertz CT molecular complexity index is 110. The number of rotatable bonds is 3. The molecule has 0 saturated carbocycles. The first-order valence-corrected chi connectivity index (χ1v) is 4.75. The van der Waals surface area contributed by atoms with Gasteiger partial charge in [0.25, 0.3) is 0 Å². The van der Waals surface area contributed by atoms with Crippen molar-refractivity contribution in [1.29, 1.82) is 0 Å². The van der Waals surface area contributed by atoms with Crippen molar-refractivity contribution in [3.8, 4) is 0 Å². The second kappa shape index (κ2) is 4.07. The van der Waals surface area contributed by atoms with E-state index < -0.39 is 0 Å². The largest absolute Gasteiger partial charge is 0.329 e. The maximum absolute atomic E-state index is 5.68. The summed E-state index contributed by atoms with van der Waals surface area (Å²) in [5.74, 6) is 0. The molecule has 0 aromatic heterocycles. The Morgan fingerprint density at radius 2 is 2.36 bits per heavy atom.